The predicted octanol–water partition coefficient (Wildman–Crippen LogP) is 2.83. The molecule has 3 saturated heterocycles. The van der Waals surface area contributed by atoms with Crippen molar-refractivity contribution >= 4 is 17.5 Å². The van der Waals surface area contributed by atoms with Crippen molar-refractivity contribution in [2.75, 3.05) is 18.0 Å². The number of ether oxygens (including phenoxy) is 1. The quantitative estimate of drug-likeness (QED) is 0.627. The second-order valence-electron chi connectivity index (χ2n) is 7.90. The first-order valence-corrected chi connectivity index (χ1v) is 9.78. The number of non-ortho nitro benzene ring substituents is 1. The van der Waals surface area contributed by atoms with Crippen molar-refractivity contribution in [2.45, 2.75) is 62.8 Å². The summed E-state index contributed by atoms with van der Waals surface area (Å²) in [6.07, 6.45) is 3.34. The largest absolute Gasteiger partial charge is 0.444 e. The Morgan fingerprint density at radius 2 is 1.96 bits per heavy atom. The van der Waals surface area contributed by atoms with Gasteiger partial charge in [0.15, 0.2) is 5.82 Å². The van der Waals surface area contributed by atoms with Crippen LogP contribution >= 0.6 is 0 Å². The van der Waals surface area contributed by atoms with Crippen molar-refractivity contribution in [1.29, 1.82) is 0 Å². The van der Waals surface area contributed by atoms with E-state index in [1.807, 2.05) is 0 Å². The molecule has 0 aliphatic carbocycles. The molecule has 9 heteroatoms. The zero-order valence-corrected chi connectivity index (χ0v) is 15.5. The number of aliphatic hydroxyl groups excluding tert-OH is 1. The molecule has 0 spiro atoms. The molecular formula is C19H24FN3O5. The van der Waals surface area contributed by atoms with Gasteiger partial charge in [-0.05, 0) is 44.6 Å². The molecule has 1 amide bonds. The number of halogens is 1. The van der Waals surface area contributed by atoms with Crippen molar-refractivity contribution in [1.82, 2.24) is 4.90 Å². The molecule has 2 bridgehead atoms. The van der Waals surface area contributed by atoms with Gasteiger partial charge < -0.3 is 19.6 Å². The normalized spacial score (nSPS) is 29.6. The molecule has 0 radical (unpaired) electrons. The molecule has 1 aromatic rings. The molecule has 8 nitrogen and oxygen atoms in total. The van der Waals surface area contributed by atoms with Gasteiger partial charge in [0.1, 0.15) is 6.10 Å². The zero-order valence-electron chi connectivity index (χ0n) is 15.5. The van der Waals surface area contributed by atoms with E-state index in [1.54, 1.807) is 9.80 Å². The van der Waals surface area contributed by atoms with Crippen LogP contribution in [-0.4, -0.2) is 58.4 Å². The SMILES string of the molecule is O=C(OC1CCCN(c2ccc([N+](=O)[O-])cc2F)C1)N1C2CCC1CC(O)C2. The van der Waals surface area contributed by atoms with E-state index in [-0.39, 0.29) is 41.8 Å². The average molecular weight is 393 g/mol. The van der Waals surface area contributed by atoms with E-state index < -0.39 is 10.7 Å². The van der Waals surface area contributed by atoms with Gasteiger partial charge in [0.25, 0.3) is 5.69 Å². The van der Waals surface area contributed by atoms with E-state index in [4.69, 9.17) is 4.74 Å². The summed E-state index contributed by atoms with van der Waals surface area (Å²) in [5.74, 6) is -0.649. The van der Waals surface area contributed by atoms with E-state index in [2.05, 4.69) is 0 Å². The highest BCUT2D eigenvalue weighted by Crippen LogP contribution is 2.36. The lowest BCUT2D eigenvalue weighted by molar-refractivity contribution is -0.385. The lowest BCUT2D eigenvalue weighted by Gasteiger charge is -2.39. The van der Waals surface area contributed by atoms with Gasteiger partial charge in [0.2, 0.25) is 0 Å². The summed E-state index contributed by atoms with van der Waals surface area (Å²) in [5, 5.41) is 20.7. The van der Waals surface area contributed by atoms with Crippen molar-refractivity contribution < 1.29 is 24.0 Å². The number of benzene rings is 1. The van der Waals surface area contributed by atoms with Gasteiger partial charge in [-0.1, -0.05) is 0 Å². The van der Waals surface area contributed by atoms with Gasteiger partial charge in [-0.15, -0.1) is 0 Å². The van der Waals surface area contributed by atoms with Crippen LogP contribution in [0.2, 0.25) is 0 Å². The van der Waals surface area contributed by atoms with Gasteiger partial charge in [-0.25, -0.2) is 9.18 Å². The van der Waals surface area contributed by atoms with Crippen molar-refractivity contribution in [2.24, 2.45) is 0 Å². The number of piperidine rings is 2. The number of rotatable bonds is 3. The van der Waals surface area contributed by atoms with Crippen LogP contribution in [0.5, 0.6) is 0 Å². The first-order valence-electron chi connectivity index (χ1n) is 9.78. The van der Waals surface area contributed by atoms with E-state index in [9.17, 15) is 24.4 Å². The third kappa shape index (κ3) is 3.63. The molecular weight excluding hydrogens is 369 g/mol. The minimum absolute atomic E-state index is 0.0352. The van der Waals surface area contributed by atoms with Gasteiger partial charge in [0, 0.05) is 24.7 Å². The summed E-state index contributed by atoms with van der Waals surface area (Å²) in [4.78, 5) is 26.4. The fourth-order valence-corrected chi connectivity index (χ4v) is 4.77. The van der Waals surface area contributed by atoms with Gasteiger partial charge >= 0.3 is 6.09 Å². The predicted molar refractivity (Wildman–Crippen MR) is 98.7 cm³/mol. The summed E-state index contributed by atoms with van der Waals surface area (Å²) in [6, 6.07) is 3.68. The number of nitrogens with zero attached hydrogens (tertiary/aromatic N) is 3. The molecule has 3 heterocycles. The Kier molecular flexibility index (Phi) is 5.09. The standard InChI is InChI=1S/C19H24FN3O5/c20-17-10-14(23(26)27)5-6-18(17)21-7-1-2-16(11-21)28-19(25)22-12-3-4-13(22)9-15(24)8-12/h5-6,10,12-13,15-16,24H,1-4,7-9,11H2. The minimum atomic E-state index is -0.649. The number of fused-ring (bicyclic) bond motifs is 2. The Bertz CT molecular complexity index is 762. The number of carbonyl (C=O) groups is 1. The van der Waals surface area contributed by atoms with Crippen molar-refractivity contribution in [3.05, 3.63) is 34.1 Å². The van der Waals surface area contributed by atoms with Crippen LogP contribution in [0.25, 0.3) is 0 Å². The fourth-order valence-electron chi connectivity index (χ4n) is 4.77. The summed E-state index contributed by atoms with van der Waals surface area (Å²) in [7, 11) is 0. The number of nitro benzene ring substituents is 1. The summed E-state index contributed by atoms with van der Waals surface area (Å²) < 4.78 is 20.1. The maximum atomic E-state index is 14.3. The maximum absolute atomic E-state index is 14.3. The molecule has 3 aliphatic rings. The maximum Gasteiger partial charge on any atom is 0.410 e. The second-order valence-corrected chi connectivity index (χ2v) is 7.90. The summed E-state index contributed by atoms with van der Waals surface area (Å²) in [5.41, 5.74) is -0.00323. The Labute approximate surface area is 162 Å². The smallest absolute Gasteiger partial charge is 0.410 e. The second kappa shape index (κ2) is 7.54. The molecule has 4 rings (SSSR count). The monoisotopic (exact) mass is 393 g/mol. The van der Waals surface area contributed by atoms with Crippen LogP contribution in [-0.2, 0) is 4.74 Å². The molecule has 28 heavy (non-hydrogen) atoms. The third-order valence-electron chi connectivity index (χ3n) is 6.05. The molecule has 3 atom stereocenters. The number of hydrogen-bond acceptors (Lipinski definition) is 6. The molecule has 1 aromatic carbocycles. The van der Waals surface area contributed by atoms with Crippen LogP contribution in [0.15, 0.2) is 18.2 Å². The van der Waals surface area contributed by atoms with Gasteiger partial charge in [-0.3, -0.25) is 10.1 Å². The minimum Gasteiger partial charge on any atom is -0.444 e. The van der Waals surface area contributed by atoms with Crippen LogP contribution in [0.1, 0.15) is 38.5 Å². The first-order chi connectivity index (χ1) is 13.4. The number of aliphatic hydroxyl groups is 1. The van der Waals surface area contributed by atoms with Crippen LogP contribution in [0, 0.1) is 15.9 Å². The molecule has 3 fully saturated rings. The lowest BCUT2D eigenvalue weighted by atomic mass is 10.0. The number of amides is 1. The van der Waals surface area contributed by atoms with Crippen LogP contribution < -0.4 is 4.90 Å². The van der Waals surface area contributed by atoms with Gasteiger partial charge in [-0.2, -0.15) is 0 Å². The van der Waals surface area contributed by atoms with Crippen molar-refractivity contribution in [3.63, 3.8) is 0 Å². The van der Waals surface area contributed by atoms with Crippen LogP contribution in [0.4, 0.5) is 20.6 Å². The number of nitro groups is 1. The highest BCUT2D eigenvalue weighted by atomic mass is 19.1. The molecule has 3 aliphatic heterocycles. The Balaban J connectivity index is 1.40. The molecule has 152 valence electrons. The number of hydrogen-bond donors (Lipinski definition) is 1. The Morgan fingerprint density at radius 1 is 1.25 bits per heavy atom. The topological polar surface area (TPSA) is 96.1 Å². The molecule has 1 N–H and O–H groups in total. The highest BCUT2D eigenvalue weighted by molar-refractivity contribution is 5.69. The zero-order chi connectivity index (χ0) is 19.8. The number of carbonyl (C=O) groups excluding carboxylic acids is 1. The lowest BCUT2D eigenvalue weighted by Crippen LogP contribution is -2.50. The average Bonchev–Trinajstić information content (AvgIpc) is 2.93. The summed E-state index contributed by atoms with van der Waals surface area (Å²) >= 11 is 0. The highest BCUT2D eigenvalue weighted by Gasteiger charge is 2.44. The van der Waals surface area contributed by atoms with Gasteiger partial charge in [0.05, 0.1) is 29.3 Å². The van der Waals surface area contributed by atoms with Crippen LogP contribution in [0.3, 0.4) is 0 Å². The number of anilines is 1. The Hall–Kier alpha value is -2.42. The van der Waals surface area contributed by atoms with E-state index in [0.717, 1.165) is 25.3 Å². The molecule has 0 aromatic heterocycles. The fraction of sp³-hybridized carbons (Fsp3) is 0.632. The summed E-state index contributed by atoms with van der Waals surface area (Å²) in [6.45, 7) is 0.955. The first kappa shape index (κ1) is 18.9. The van der Waals surface area contributed by atoms with E-state index >= 15 is 0 Å². The molecule has 3 unspecified atom stereocenters. The molecule has 0 saturated carbocycles. The van der Waals surface area contributed by atoms with E-state index in [1.165, 1.54) is 12.1 Å². The third-order valence-corrected chi connectivity index (χ3v) is 6.05. The van der Waals surface area contributed by atoms with E-state index in [0.29, 0.717) is 32.4 Å². The van der Waals surface area contributed by atoms with Crippen molar-refractivity contribution in [3.8, 4) is 0 Å². The Morgan fingerprint density at radius 3 is 2.61 bits per heavy atom.